The minimum absolute atomic E-state index is 3.40. The SMILES string of the molecule is [2H]C([2H])(O)P(=O)(O)O. The summed E-state index contributed by atoms with van der Waals surface area (Å²) in [4.78, 5) is 15.7. The Morgan fingerprint density at radius 1 is 1.83 bits per heavy atom. The molecule has 0 aromatic heterocycles. The van der Waals surface area contributed by atoms with Gasteiger partial charge in [0.15, 0.2) is 0 Å². The van der Waals surface area contributed by atoms with E-state index in [1.54, 1.807) is 0 Å². The molecule has 0 spiro atoms. The van der Waals surface area contributed by atoms with Gasteiger partial charge in [0.05, 0.1) is 2.74 Å². The fourth-order valence-electron chi connectivity index (χ4n) is 0. The summed E-state index contributed by atoms with van der Waals surface area (Å²) in [5.41, 5.74) is 0. The van der Waals surface area contributed by atoms with Crippen molar-refractivity contribution >= 4 is 7.60 Å². The molecule has 0 fully saturated rings. The molecule has 0 aliphatic carbocycles. The van der Waals surface area contributed by atoms with Crippen molar-refractivity contribution < 1.29 is 22.2 Å². The monoisotopic (exact) mass is 114 g/mol. The Kier molecular flexibility index (Phi) is 0.898. The Balaban J connectivity index is 4.26. The van der Waals surface area contributed by atoms with Crippen molar-refractivity contribution in [2.24, 2.45) is 0 Å². The molecule has 0 rings (SSSR count). The highest BCUT2D eigenvalue weighted by Gasteiger charge is 2.07. The summed E-state index contributed by atoms with van der Waals surface area (Å²) in [6, 6.07) is 0. The Morgan fingerprint density at radius 2 is 2.00 bits per heavy atom. The second-order valence-corrected chi connectivity index (χ2v) is 1.93. The molecular formula is CH5O4P. The molecule has 0 bridgehead atoms. The van der Waals surface area contributed by atoms with Gasteiger partial charge in [0.2, 0.25) is 0 Å². The fraction of sp³-hybridized carbons (Fsp3) is 1.00. The number of aliphatic hydroxyl groups is 1. The van der Waals surface area contributed by atoms with Gasteiger partial charge in [0.25, 0.3) is 0 Å². The molecule has 0 radical (unpaired) electrons. The summed E-state index contributed by atoms with van der Waals surface area (Å²) in [5, 5.41) is 7.92. The summed E-state index contributed by atoms with van der Waals surface area (Å²) in [6.07, 6.45) is -3.40. The second-order valence-electron chi connectivity index (χ2n) is 0.644. The molecule has 0 unspecified atom stereocenters. The third-order valence-corrected chi connectivity index (χ3v) is 0.391. The molecule has 38 valence electrons. The largest absolute Gasteiger partial charge is 0.384 e. The van der Waals surface area contributed by atoms with Gasteiger partial charge < -0.3 is 14.9 Å². The molecular weight excluding hydrogens is 107 g/mol. The van der Waals surface area contributed by atoms with Gasteiger partial charge in [-0.15, -0.1) is 0 Å². The van der Waals surface area contributed by atoms with Crippen molar-refractivity contribution in [2.75, 3.05) is 6.30 Å². The lowest BCUT2D eigenvalue weighted by atomic mass is 11.7. The Morgan fingerprint density at radius 3 is 2.00 bits per heavy atom. The second kappa shape index (κ2) is 1.71. The Hall–Kier alpha value is 0.110. The molecule has 0 amide bonds. The van der Waals surface area contributed by atoms with Crippen LogP contribution in [0.15, 0.2) is 0 Å². The summed E-state index contributed by atoms with van der Waals surface area (Å²) in [5.74, 6) is 0. The maximum atomic E-state index is 9.72. The van der Waals surface area contributed by atoms with Crippen LogP contribution in [0.1, 0.15) is 2.74 Å². The summed E-state index contributed by atoms with van der Waals surface area (Å²) in [6.45, 7) is 0. The van der Waals surface area contributed by atoms with Gasteiger partial charge in [0.1, 0.15) is 6.30 Å². The minimum Gasteiger partial charge on any atom is -0.384 e. The van der Waals surface area contributed by atoms with Crippen molar-refractivity contribution in [3.8, 4) is 0 Å². The molecule has 0 heterocycles. The normalized spacial score (nSPS) is 19.2. The highest BCUT2D eigenvalue weighted by atomic mass is 31.2. The Labute approximate surface area is 37.4 Å². The minimum atomic E-state index is -4.96. The van der Waals surface area contributed by atoms with Crippen LogP contribution in [-0.2, 0) is 4.57 Å². The topological polar surface area (TPSA) is 77.8 Å². The van der Waals surface area contributed by atoms with Crippen LogP contribution in [0.5, 0.6) is 0 Å². The zero-order chi connectivity index (χ0) is 7.00. The van der Waals surface area contributed by atoms with E-state index in [9.17, 15) is 4.57 Å². The van der Waals surface area contributed by atoms with Crippen LogP contribution in [0.4, 0.5) is 0 Å². The molecule has 0 aromatic carbocycles. The lowest BCUT2D eigenvalue weighted by Gasteiger charge is -1.92. The number of hydrogen-bond acceptors (Lipinski definition) is 2. The van der Waals surface area contributed by atoms with Gasteiger partial charge in [-0.3, -0.25) is 4.57 Å². The first-order chi connectivity index (χ1) is 3.25. The predicted molar refractivity (Wildman–Crippen MR) is 19.1 cm³/mol. The first kappa shape index (κ1) is 3.16. The number of hydrogen-bond donors (Lipinski definition) is 3. The van der Waals surface area contributed by atoms with E-state index in [0.29, 0.717) is 0 Å². The molecule has 0 aliphatic heterocycles. The van der Waals surface area contributed by atoms with Crippen LogP contribution in [0.3, 0.4) is 0 Å². The molecule has 6 heavy (non-hydrogen) atoms. The van der Waals surface area contributed by atoms with Crippen LogP contribution in [0, 0.1) is 0 Å². The average molecular weight is 114 g/mol. The summed E-state index contributed by atoms with van der Waals surface area (Å²) in [7, 11) is -4.96. The molecule has 0 aromatic rings. The van der Waals surface area contributed by atoms with Crippen LogP contribution >= 0.6 is 7.60 Å². The van der Waals surface area contributed by atoms with E-state index >= 15 is 0 Å². The van der Waals surface area contributed by atoms with Crippen molar-refractivity contribution in [3.63, 3.8) is 0 Å². The smallest absolute Gasteiger partial charge is 0.350 e. The summed E-state index contributed by atoms with van der Waals surface area (Å²) >= 11 is 0. The van der Waals surface area contributed by atoms with E-state index in [-0.39, 0.29) is 0 Å². The standard InChI is InChI=1S/CH5O4P/c2-1-6(3,4)5/h2H,1H2,(H2,3,4,5)/i1D2. The van der Waals surface area contributed by atoms with Gasteiger partial charge in [-0.05, 0) is 0 Å². The molecule has 5 heteroatoms. The zero-order valence-corrected chi connectivity index (χ0v) is 3.59. The predicted octanol–water partition coefficient (Wildman–Crippen LogP) is -0.886. The van der Waals surface area contributed by atoms with Crippen LogP contribution in [0.2, 0.25) is 0 Å². The van der Waals surface area contributed by atoms with Crippen molar-refractivity contribution in [2.45, 2.75) is 0 Å². The third kappa shape index (κ3) is 4.11. The zero-order valence-electron chi connectivity index (χ0n) is 4.70. The Bertz CT molecular complexity index is 120. The first-order valence-corrected chi connectivity index (χ1v) is 2.64. The molecule has 3 N–H and O–H groups in total. The van der Waals surface area contributed by atoms with Gasteiger partial charge >= 0.3 is 7.60 Å². The molecule has 4 nitrogen and oxygen atoms in total. The van der Waals surface area contributed by atoms with Crippen molar-refractivity contribution in [1.82, 2.24) is 0 Å². The molecule has 0 saturated heterocycles. The highest BCUT2D eigenvalue weighted by Crippen LogP contribution is 2.31. The van der Waals surface area contributed by atoms with Gasteiger partial charge in [-0.1, -0.05) is 0 Å². The first-order valence-electron chi connectivity index (χ1n) is 2.03. The molecule has 0 saturated carbocycles. The van der Waals surface area contributed by atoms with Gasteiger partial charge in [-0.25, -0.2) is 0 Å². The summed E-state index contributed by atoms with van der Waals surface area (Å²) < 4.78 is 21.8. The average Bonchev–Trinajstić information content (AvgIpc) is 1.25. The lowest BCUT2D eigenvalue weighted by molar-refractivity contribution is 0.287. The van der Waals surface area contributed by atoms with E-state index in [4.69, 9.17) is 17.6 Å². The number of rotatable bonds is 1. The van der Waals surface area contributed by atoms with E-state index < -0.39 is 13.9 Å². The van der Waals surface area contributed by atoms with Crippen LogP contribution in [0.25, 0.3) is 0 Å². The lowest BCUT2D eigenvalue weighted by Crippen LogP contribution is -1.81. The third-order valence-electron chi connectivity index (χ3n) is 0.130. The van der Waals surface area contributed by atoms with E-state index in [1.165, 1.54) is 0 Å². The van der Waals surface area contributed by atoms with E-state index in [2.05, 4.69) is 0 Å². The molecule has 0 aliphatic rings. The fourth-order valence-corrected chi connectivity index (χ4v) is 0. The maximum Gasteiger partial charge on any atom is 0.350 e. The van der Waals surface area contributed by atoms with Gasteiger partial charge in [-0.2, -0.15) is 0 Å². The van der Waals surface area contributed by atoms with Gasteiger partial charge in [0, 0.05) is 0 Å². The van der Waals surface area contributed by atoms with E-state index in [1.807, 2.05) is 0 Å². The van der Waals surface area contributed by atoms with Crippen molar-refractivity contribution in [3.05, 3.63) is 0 Å². The maximum absolute atomic E-state index is 9.72. The highest BCUT2D eigenvalue weighted by molar-refractivity contribution is 7.51. The van der Waals surface area contributed by atoms with E-state index in [0.717, 1.165) is 0 Å². The van der Waals surface area contributed by atoms with Crippen LogP contribution < -0.4 is 0 Å². The van der Waals surface area contributed by atoms with Crippen molar-refractivity contribution in [1.29, 1.82) is 0 Å². The van der Waals surface area contributed by atoms with Crippen LogP contribution in [-0.4, -0.2) is 21.2 Å². The molecule has 0 atom stereocenters. The quantitative estimate of drug-likeness (QED) is 0.386.